The summed E-state index contributed by atoms with van der Waals surface area (Å²) in [4.78, 5) is 19.5. The summed E-state index contributed by atoms with van der Waals surface area (Å²) in [5.74, 6) is 0.766. The van der Waals surface area contributed by atoms with Crippen molar-refractivity contribution in [3.63, 3.8) is 0 Å². The van der Waals surface area contributed by atoms with E-state index >= 15 is 0 Å². The number of carbonyl (C=O) groups is 1. The van der Waals surface area contributed by atoms with Crippen LogP contribution in [0.4, 0.5) is 5.69 Å². The maximum atomic E-state index is 13.0. The van der Waals surface area contributed by atoms with Gasteiger partial charge >= 0.3 is 0 Å². The number of hydrogen-bond donors (Lipinski definition) is 0. The van der Waals surface area contributed by atoms with Crippen LogP contribution in [0.2, 0.25) is 0 Å². The molecule has 0 unspecified atom stereocenters. The molecule has 1 aromatic heterocycles. The van der Waals surface area contributed by atoms with Gasteiger partial charge < -0.3 is 9.64 Å². The standard InChI is InChI=1S/C20H17BrN2O2S/c1-25-16-7-4-13(5-8-16)19-22-17(12-26-19)20(24)23-10-2-3-14-11-15(21)6-9-18(14)23/h4-9,11-12H,2-3,10H2,1H3. The second-order valence-electron chi connectivity index (χ2n) is 6.10. The fraction of sp³-hybridized carbons (Fsp3) is 0.200. The number of amides is 1. The van der Waals surface area contributed by atoms with E-state index in [4.69, 9.17) is 4.74 Å². The van der Waals surface area contributed by atoms with E-state index in [1.807, 2.05) is 46.7 Å². The van der Waals surface area contributed by atoms with Crippen LogP contribution in [0, 0.1) is 0 Å². The first kappa shape index (κ1) is 17.2. The third kappa shape index (κ3) is 3.27. The molecule has 0 aliphatic carbocycles. The van der Waals surface area contributed by atoms with E-state index in [0.717, 1.165) is 45.9 Å². The van der Waals surface area contributed by atoms with Gasteiger partial charge in [0.2, 0.25) is 0 Å². The van der Waals surface area contributed by atoms with E-state index in [9.17, 15) is 4.79 Å². The number of carbonyl (C=O) groups excluding carboxylic acids is 1. The van der Waals surface area contributed by atoms with Gasteiger partial charge in [0.05, 0.1) is 7.11 Å². The minimum atomic E-state index is -0.0377. The van der Waals surface area contributed by atoms with E-state index in [2.05, 4.69) is 27.0 Å². The Morgan fingerprint density at radius 3 is 2.81 bits per heavy atom. The number of rotatable bonds is 3. The number of ether oxygens (including phenoxy) is 1. The fourth-order valence-electron chi connectivity index (χ4n) is 3.15. The smallest absolute Gasteiger partial charge is 0.277 e. The summed E-state index contributed by atoms with van der Waals surface area (Å²) in [7, 11) is 1.64. The number of thiazole rings is 1. The zero-order valence-electron chi connectivity index (χ0n) is 14.2. The molecule has 1 aliphatic rings. The lowest BCUT2D eigenvalue weighted by atomic mass is 10.0. The van der Waals surface area contributed by atoms with Crippen molar-refractivity contribution in [3.05, 3.63) is 63.6 Å². The van der Waals surface area contributed by atoms with Crippen LogP contribution in [0.1, 0.15) is 22.5 Å². The molecule has 0 spiro atoms. The third-order valence-corrected chi connectivity index (χ3v) is 5.85. The van der Waals surface area contributed by atoms with Crippen LogP contribution >= 0.6 is 27.3 Å². The molecule has 4 rings (SSSR count). The number of aromatic nitrogens is 1. The highest BCUT2D eigenvalue weighted by Crippen LogP contribution is 2.32. The lowest BCUT2D eigenvalue weighted by molar-refractivity contribution is 0.0981. The van der Waals surface area contributed by atoms with Crippen LogP contribution < -0.4 is 9.64 Å². The van der Waals surface area contributed by atoms with Crippen molar-refractivity contribution < 1.29 is 9.53 Å². The van der Waals surface area contributed by atoms with Crippen LogP contribution in [0.15, 0.2) is 52.3 Å². The number of fused-ring (bicyclic) bond motifs is 1. The van der Waals surface area contributed by atoms with Crippen molar-refractivity contribution in [2.75, 3.05) is 18.6 Å². The van der Waals surface area contributed by atoms with Crippen molar-refractivity contribution in [1.82, 2.24) is 4.98 Å². The predicted octanol–water partition coefficient (Wildman–Crippen LogP) is 5.17. The van der Waals surface area contributed by atoms with Crippen LogP contribution in [-0.2, 0) is 6.42 Å². The molecule has 0 saturated carbocycles. The van der Waals surface area contributed by atoms with Gasteiger partial charge in [-0.25, -0.2) is 4.98 Å². The molecule has 132 valence electrons. The largest absolute Gasteiger partial charge is 0.497 e. The molecule has 0 bridgehead atoms. The molecule has 0 atom stereocenters. The Morgan fingerprint density at radius 1 is 1.23 bits per heavy atom. The highest BCUT2D eigenvalue weighted by molar-refractivity contribution is 9.10. The Hall–Kier alpha value is -2.18. The quantitative estimate of drug-likeness (QED) is 0.577. The molecule has 6 heteroatoms. The molecule has 3 aromatic rings. The minimum absolute atomic E-state index is 0.0377. The lowest BCUT2D eigenvalue weighted by Crippen LogP contribution is -2.35. The average molecular weight is 429 g/mol. The molecular formula is C20H17BrN2O2S. The van der Waals surface area contributed by atoms with E-state index in [-0.39, 0.29) is 5.91 Å². The summed E-state index contributed by atoms with van der Waals surface area (Å²) >= 11 is 4.99. The van der Waals surface area contributed by atoms with Crippen LogP contribution in [0.5, 0.6) is 5.75 Å². The normalized spacial score (nSPS) is 13.4. The van der Waals surface area contributed by atoms with Gasteiger partial charge in [-0.1, -0.05) is 15.9 Å². The van der Waals surface area contributed by atoms with Gasteiger partial charge in [-0.05, 0) is 60.9 Å². The fourth-order valence-corrected chi connectivity index (χ4v) is 4.36. The number of anilines is 1. The highest BCUT2D eigenvalue weighted by atomic mass is 79.9. The van der Waals surface area contributed by atoms with Crippen molar-refractivity contribution in [2.24, 2.45) is 0 Å². The van der Waals surface area contributed by atoms with Crippen molar-refractivity contribution in [1.29, 1.82) is 0 Å². The molecule has 2 heterocycles. The summed E-state index contributed by atoms with van der Waals surface area (Å²) in [5, 5.41) is 2.68. The number of nitrogens with zero attached hydrogens (tertiary/aromatic N) is 2. The van der Waals surface area contributed by atoms with Gasteiger partial charge in [0.25, 0.3) is 5.91 Å². The highest BCUT2D eigenvalue weighted by Gasteiger charge is 2.25. The zero-order valence-corrected chi connectivity index (χ0v) is 16.6. The monoisotopic (exact) mass is 428 g/mol. The van der Waals surface area contributed by atoms with E-state index in [0.29, 0.717) is 5.69 Å². The molecule has 0 saturated heterocycles. The zero-order chi connectivity index (χ0) is 18.1. The first-order valence-electron chi connectivity index (χ1n) is 8.36. The maximum Gasteiger partial charge on any atom is 0.277 e. The Labute approximate surface area is 164 Å². The Kier molecular flexibility index (Phi) is 4.78. The van der Waals surface area contributed by atoms with Crippen molar-refractivity contribution >= 4 is 38.9 Å². The summed E-state index contributed by atoms with van der Waals surface area (Å²) in [5.41, 5.74) is 3.67. The SMILES string of the molecule is COc1ccc(-c2nc(C(=O)N3CCCc4cc(Br)ccc43)cs2)cc1. The van der Waals surface area contributed by atoms with E-state index in [1.165, 1.54) is 16.9 Å². The van der Waals surface area contributed by atoms with Crippen molar-refractivity contribution in [3.8, 4) is 16.3 Å². The summed E-state index contributed by atoms with van der Waals surface area (Å²) in [6.07, 6.45) is 1.96. The lowest BCUT2D eigenvalue weighted by Gasteiger charge is -2.29. The molecule has 1 aliphatic heterocycles. The number of aryl methyl sites for hydroxylation is 1. The molecule has 0 N–H and O–H groups in total. The molecule has 2 aromatic carbocycles. The number of hydrogen-bond acceptors (Lipinski definition) is 4. The summed E-state index contributed by atoms with van der Waals surface area (Å²) < 4.78 is 6.23. The second kappa shape index (κ2) is 7.21. The first-order valence-corrected chi connectivity index (χ1v) is 10.0. The summed E-state index contributed by atoms with van der Waals surface area (Å²) in [6.45, 7) is 0.725. The van der Waals surface area contributed by atoms with E-state index in [1.54, 1.807) is 7.11 Å². The first-order chi connectivity index (χ1) is 12.7. The second-order valence-corrected chi connectivity index (χ2v) is 7.87. The number of methoxy groups -OCH3 is 1. The van der Waals surface area contributed by atoms with Crippen LogP contribution in [0.3, 0.4) is 0 Å². The average Bonchev–Trinajstić information content (AvgIpc) is 3.17. The Bertz CT molecular complexity index is 953. The predicted molar refractivity (Wildman–Crippen MR) is 108 cm³/mol. The van der Waals surface area contributed by atoms with Gasteiger partial charge in [-0.3, -0.25) is 4.79 Å². The van der Waals surface area contributed by atoms with Gasteiger partial charge in [-0.2, -0.15) is 0 Å². The maximum absolute atomic E-state index is 13.0. The minimum Gasteiger partial charge on any atom is -0.497 e. The van der Waals surface area contributed by atoms with Gasteiger partial charge in [-0.15, -0.1) is 11.3 Å². The van der Waals surface area contributed by atoms with Crippen LogP contribution in [0.25, 0.3) is 10.6 Å². The van der Waals surface area contributed by atoms with E-state index < -0.39 is 0 Å². The number of benzene rings is 2. The molecular weight excluding hydrogens is 412 g/mol. The topological polar surface area (TPSA) is 42.4 Å². The van der Waals surface area contributed by atoms with Gasteiger partial charge in [0, 0.05) is 27.6 Å². The van der Waals surface area contributed by atoms with Gasteiger partial charge in [0.15, 0.2) is 0 Å². The summed E-state index contributed by atoms with van der Waals surface area (Å²) in [6, 6.07) is 13.8. The molecule has 0 radical (unpaired) electrons. The van der Waals surface area contributed by atoms with Crippen LogP contribution in [-0.4, -0.2) is 24.5 Å². The van der Waals surface area contributed by atoms with Gasteiger partial charge in [0.1, 0.15) is 16.5 Å². The molecule has 26 heavy (non-hydrogen) atoms. The molecule has 0 fully saturated rings. The van der Waals surface area contributed by atoms with Crippen molar-refractivity contribution in [2.45, 2.75) is 12.8 Å². The molecule has 4 nitrogen and oxygen atoms in total. The molecule has 1 amide bonds. The third-order valence-electron chi connectivity index (χ3n) is 4.47. The number of halogens is 1. The Morgan fingerprint density at radius 2 is 2.04 bits per heavy atom. The Balaban J connectivity index is 1.61.